The molecule has 1 aliphatic carbocycles. The zero-order valence-corrected chi connectivity index (χ0v) is 11.3. The Morgan fingerprint density at radius 3 is 3.30 bits per heavy atom. The molecule has 0 saturated heterocycles. The van der Waals surface area contributed by atoms with Crippen molar-refractivity contribution in [3.05, 3.63) is 41.2 Å². The van der Waals surface area contributed by atoms with E-state index in [2.05, 4.69) is 20.2 Å². The van der Waals surface area contributed by atoms with Crippen LogP contribution in [-0.4, -0.2) is 26.1 Å². The third kappa shape index (κ3) is 2.54. The van der Waals surface area contributed by atoms with Gasteiger partial charge in [0.15, 0.2) is 12.4 Å². The summed E-state index contributed by atoms with van der Waals surface area (Å²) in [4.78, 5) is 20.5. The van der Waals surface area contributed by atoms with E-state index in [1.165, 1.54) is 0 Å². The maximum absolute atomic E-state index is 12.2. The first-order chi connectivity index (χ1) is 9.74. The number of ether oxygens (including phenoxy) is 1. The Morgan fingerprint density at radius 2 is 2.45 bits per heavy atom. The van der Waals surface area contributed by atoms with Gasteiger partial charge in [0.25, 0.3) is 0 Å². The van der Waals surface area contributed by atoms with E-state index < -0.39 is 0 Å². The molecule has 0 bridgehead atoms. The molecule has 2 aromatic rings. The van der Waals surface area contributed by atoms with Gasteiger partial charge in [-0.3, -0.25) is 9.89 Å². The molecule has 6 nitrogen and oxygen atoms in total. The summed E-state index contributed by atoms with van der Waals surface area (Å²) in [5.74, 6) is 0.0846. The summed E-state index contributed by atoms with van der Waals surface area (Å²) in [6.07, 6.45) is 6.11. The van der Waals surface area contributed by atoms with E-state index in [0.717, 1.165) is 36.2 Å². The number of carbonyl (C=O) groups is 1. The predicted octanol–water partition coefficient (Wildman–Crippen LogP) is 1.67. The lowest BCUT2D eigenvalue weighted by atomic mass is 9.87. The number of hydrogen-bond donors (Lipinski definition) is 1. The molecule has 1 atom stereocenters. The summed E-state index contributed by atoms with van der Waals surface area (Å²) >= 11 is 0. The molecule has 104 valence electrons. The number of nitrogens with one attached hydrogen (secondary N) is 1. The van der Waals surface area contributed by atoms with Gasteiger partial charge in [0.1, 0.15) is 0 Å². The van der Waals surface area contributed by atoms with Crippen molar-refractivity contribution in [2.45, 2.75) is 38.7 Å². The normalized spacial score (nSPS) is 17.6. The van der Waals surface area contributed by atoms with Crippen LogP contribution in [0.5, 0.6) is 0 Å². The molecular formula is C14H16N4O2. The van der Waals surface area contributed by atoms with Crippen molar-refractivity contribution >= 4 is 5.97 Å². The van der Waals surface area contributed by atoms with Gasteiger partial charge in [0, 0.05) is 23.1 Å². The quantitative estimate of drug-likeness (QED) is 0.860. The summed E-state index contributed by atoms with van der Waals surface area (Å²) in [5, 5.41) is 6.95. The second-order valence-corrected chi connectivity index (χ2v) is 4.97. The van der Waals surface area contributed by atoms with Crippen molar-refractivity contribution in [2.24, 2.45) is 0 Å². The Bertz CT molecular complexity index is 623. The van der Waals surface area contributed by atoms with Crippen LogP contribution < -0.4 is 0 Å². The van der Waals surface area contributed by atoms with Gasteiger partial charge in [0.2, 0.25) is 0 Å². The molecule has 1 unspecified atom stereocenters. The maximum atomic E-state index is 12.2. The second kappa shape index (κ2) is 5.40. The fraction of sp³-hybridized carbons (Fsp3) is 0.429. The SMILES string of the molecule is Cc1ccnc(COC(=O)C2CCCc3[nH]ncc32)n1. The molecule has 2 heterocycles. The van der Waals surface area contributed by atoms with Crippen LogP contribution in [0.25, 0.3) is 0 Å². The Morgan fingerprint density at radius 1 is 1.55 bits per heavy atom. The smallest absolute Gasteiger partial charge is 0.313 e. The molecule has 0 aromatic carbocycles. The Kier molecular flexibility index (Phi) is 3.45. The van der Waals surface area contributed by atoms with Crippen molar-refractivity contribution in [3.8, 4) is 0 Å². The number of esters is 1. The van der Waals surface area contributed by atoms with Gasteiger partial charge in [-0.2, -0.15) is 5.10 Å². The highest BCUT2D eigenvalue weighted by Gasteiger charge is 2.29. The first-order valence-electron chi connectivity index (χ1n) is 6.71. The maximum Gasteiger partial charge on any atom is 0.313 e. The fourth-order valence-electron chi connectivity index (χ4n) is 2.51. The Balaban J connectivity index is 1.66. The topological polar surface area (TPSA) is 80.8 Å². The highest BCUT2D eigenvalue weighted by Crippen LogP contribution is 2.31. The van der Waals surface area contributed by atoms with E-state index in [1.807, 2.05) is 13.0 Å². The van der Waals surface area contributed by atoms with Crippen LogP contribution in [0.4, 0.5) is 0 Å². The molecule has 3 rings (SSSR count). The number of H-pyrrole nitrogens is 1. The van der Waals surface area contributed by atoms with E-state index in [0.29, 0.717) is 5.82 Å². The van der Waals surface area contributed by atoms with Crippen LogP contribution in [0.3, 0.4) is 0 Å². The minimum absolute atomic E-state index is 0.115. The van der Waals surface area contributed by atoms with Gasteiger partial charge in [-0.25, -0.2) is 9.97 Å². The average molecular weight is 272 g/mol. The standard InChI is InChI=1S/C14H16N4O2/c1-9-5-6-15-13(17-9)8-20-14(19)10-3-2-4-12-11(10)7-16-18-12/h5-7,10H,2-4,8H2,1H3,(H,16,18). The van der Waals surface area contributed by atoms with E-state index in [-0.39, 0.29) is 18.5 Å². The zero-order chi connectivity index (χ0) is 13.9. The molecule has 2 aromatic heterocycles. The minimum atomic E-state index is -0.225. The summed E-state index contributed by atoms with van der Waals surface area (Å²) in [6, 6.07) is 1.81. The molecule has 0 aliphatic heterocycles. The largest absolute Gasteiger partial charge is 0.457 e. The lowest BCUT2D eigenvalue weighted by Gasteiger charge is -2.20. The Hall–Kier alpha value is -2.24. The summed E-state index contributed by atoms with van der Waals surface area (Å²) in [7, 11) is 0. The number of aryl methyl sites for hydroxylation is 2. The van der Waals surface area contributed by atoms with Crippen LogP contribution in [0.2, 0.25) is 0 Å². The molecule has 1 N–H and O–H groups in total. The molecule has 0 saturated carbocycles. The van der Waals surface area contributed by atoms with Gasteiger partial charge < -0.3 is 4.74 Å². The first-order valence-corrected chi connectivity index (χ1v) is 6.71. The van der Waals surface area contributed by atoms with Crippen molar-refractivity contribution in [1.29, 1.82) is 0 Å². The number of carbonyl (C=O) groups excluding carboxylic acids is 1. The van der Waals surface area contributed by atoms with Crippen LogP contribution in [0.1, 0.15) is 41.5 Å². The Labute approximate surface area is 116 Å². The van der Waals surface area contributed by atoms with E-state index >= 15 is 0 Å². The van der Waals surface area contributed by atoms with Crippen molar-refractivity contribution in [2.75, 3.05) is 0 Å². The lowest BCUT2D eigenvalue weighted by Crippen LogP contribution is -2.20. The van der Waals surface area contributed by atoms with E-state index in [1.54, 1.807) is 12.4 Å². The average Bonchev–Trinajstić information content (AvgIpc) is 2.93. The lowest BCUT2D eigenvalue weighted by molar-refractivity contribution is -0.147. The first kappa shape index (κ1) is 12.8. The number of fused-ring (bicyclic) bond motifs is 1. The second-order valence-electron chi connectivity index (χ2n) is 4.97. The van der Waals surface area contributed by atoms with Gasteiger partial charge >= 0.3 is 5.97 Å². The van der Waals surface area contributed by atoms with Gasteiger partial charge in [-0.15, -0.1) is 0 Å². The van der Waals surface area contributed by atoms with Crippen molar-refractivity contribution in [1.82, 2.24) is 20.2 Å². The monoisotopic (exact) mass is 272 g/mol. The van der Waals surface area contributed by atoms with E-state index in [4.69, 9.17) is 4.74 Å². The van der Waals surface area contributed by atoms with Crippen LogP contribution in [0.15, 0.2) is 18.5 Å². The highest BCUT2D eigenvalue weighted by molar-refractivity contribution is 5.78. The molecule has 20 heavy (non-hydrogen) atoms. The van der Waals surface area contributed by atoms with Crippen LogP contribution in [-0.2, 0) is 22.6 Å². The van der Waals surface area contributed by atoms with Gasteiger partial charge in [-0.1, -0.05) is 0 Å². The number of aromatic amines is 1. The zero-order valence-electron chi connectivity index (χ0n) is 11.3. The number of rotatable bonds is 3. The van der Waals surface area contributed by atoms with Crippen LogP contribution >= 0.6 is 0 Å². The number of hydrogen-bond acceptors (Lipinski definition) is 5. The molecule has 0 fully saturated rings. The van der Waals surface area contributed by atoms with E-state index in [9.17, 15) is 4.79 Å². The fourth-order valence-corrected chi connectivity index (χ4v) is 2.51. The van der Waals surface area contributed by atoms with Gasteiger partial charge in [-0.05, 0) is 32.3 Å². The summed E-state index contributed by atoms with van der Waals surface area (Å²) in [6.45, 7) is 2.00. The van der Waals surface area contributed by atoms with Gasteiger partial charge in [0.05, 0.1) is 12.1 Å². The van der Waals surface area contributed by atoms with Crippen molar-refractivity contribution < 1.29 is 9.53 Å². The minimum Gasteiger partial charge on any atom is -0.457 e. The number of aromatic nitrogens is 4. The molecule has 1 aliphatic rings. The summed E-state index contributed by atoms with van der Waals surface area (Å²) in [5.41, 5.74) is 2.87. The van der Waals surface area contributed by atoms with Crippen LogP contribution in [0, 0.1) is 6.92 Å². The summed E-state index contributed by atoms with van der Waals surface area (Å²) < 4.78 is 5.34. The molecule has 0 amide bonds. The third-order valence-electron chi connectivity index (χ3n) is 3.52. The third-order valence-corrected chi connectivity index (χ3v) is 3.52. The number of nitrogens with zero attached hydrogens (tertiary/aromatic N) is 3. The molecule has 0 spiro atoms. The molecule has 6 heteroatoms. The predicted molar refractivity (Wildman–Crippen MR) is 70.8 cm³/mol. The highest BCUT2D eigenvalue weighted by atomic mass is 16.5. The molecule has 0 radical (unpaired) electrons. The van der Waals surface area contributed by atoms with Crippen molar-refractivity contribution in [3.63, 3.8) is 0 Å². The molecular weight excluding hydrogens is 256 g/mol.